The van der Waals surface area contributed by atoms with E-state index in [9.17, 15) is 0 Å². The third kappa shape index (κ3) is 3.75. The monoisotopic (exact) mass is 189 g/mol. The van der Waals surface area contributed by atoms with Crippen LogP contribution in [0, 0.1) is 0 Å². The van der Waals surface area contributed by atoms with E-state index in [1.807, 2.05) is 6.08 Å². The van der Waals surface area contributed by atoms with Gasteiger partial charge in [0, 0.05) is 6.54 Å². The average molecular weight is 189 g/mol. The number of rotatable bonds is 6. The third-order valence-electron chi connectivity index (χ3n) is 2.38. The smallest absolute Gasteiger partial charge is 0.0178 e. The fourth-order valence-electron chi connectivity index (χ4n) is 1.46. The zero-order valence-corrected chi connectivity index (χ0v) is 8.71. The van der Waals surface area contributed by atoms with Gasteiger partial charge in [0.15, 0.2) is 0 Å². The fourth-order valence-corrected chi connectivity index (χ4v) is 1.46. The van der Waals surface area contributed by atoms with Crippen LogP contribution in [-0.2, 0) is 13.0 Å². The number of allylic oxidation sites excluding steroid dienone is 1. The summed E-state index contributed by atoms with van der Waals surface area (Å²) in [5, 5.41) is 0. The Hall–Kier alpha value is -1.08. The summed E-state index contributed by atoms with van der Waals surface area (Å²) in [6, 6.07) is 8.58. The number of hydrogen-bond acceptors (Lipinski definition) is 1. The highest BCUT2D eigenvalue weighted by molar-refractivity contribution is 5.22. The molecule has 2 N–H and O–H groups in total. The molecular formula is C13H19N. The predicted molar refractivity (Wildman–Crippen MR) is 62.1 cm³/mol. The van der Waals surface area contributed by atoms with Gasteiger partial charge in [-0.2, -0.15) is 0 Å². The Balaban J connectivity index is 2.32. The van der Waals surface area contributed by atoms with Gasteiger partial charge in [-0.05, 0) is 36.8 Å². The van der Waals surface area contributed by atoms with Crippen molar-refractivity contribution in [2.75, 3.05) is 0 Å². The van der Waals surface area contributed by atoms with Gasteiger partial charge in [0.1, 0.15) is 0 Å². The lowest BCUT2D eigenvalue weighted by Gasteiger charge is -2.01. The predicted octanol–water partition coefficient (Wildman–Crippen LogP) is 3.04. The third-order valence-corrected chi connectivity index (χ3v) is 2.38. The zero-order valence-electron chi connectivity index (χ0n) is 8.71. The highest BCUT2D eigenvalue weighted by atomic mass is 14.5. The summed E-state index contributed by atoms with van der Waals surface area (Å²) in [7, 11) is 0. The molecule has 0 atom stereocenters. The van der Waals surface area contributed by atoms with Crippen LogP contribution in [0.5, 0.6) is 0 Å². The molecule has 0 fully saturated rings. The number of nitrogens with two attached hydrogens (primary N) is 1. The zero-order chi connectivity index (χ0) is 10.2. The number of aryl methyl sites for hydroxylation is 1. The Morgan fingerprint density at radius 2 is 1.71 bits per heavy atom. The van der Waals surface area contributed by atoms with Crippen molar-refractivity contribution in [3.63, 3.8) is 0 Å². The molecule has 0 spiro atoms. The molecule has 1 rings (SSSR count). The minimum absolute atomic E-state index is 0.636. The van der Waals surface area contributed by atoms with Crippen molar-refractivity contribution in [2.24, 2.45) is 5.73 Å². The second kappa shape index (κ2) is 6.39. The van der Waals surface area contributed by atoms with Gasteiger partial charge < -0.3 is 5.73 Å². The van der Waals surface area contributed by atoms with E-state index < -0.39 is 0 Å². The summed E-state index contributed by atoms with van der Waals surface area (Å²) in [6.07, 6.45) is 6.76. The Bertz CT molecular complexity index is 261. The fraction of sp³-hybridized carbons (Fsp3) is 0.385. The van der Waals surface area contributed by atoms with Gasteiger partial charge in [0.05, 0.1) is 0 Å². The molecule has 1 nitrogen and oxygen atoms in total. The molecule has 1 aromatic carbocycles. The van der Waals surface area contributed by atoms with Crippen molar-refractivity contribution >= 4 is 0 Å². The van der Waals surface area contributed by atoms with Gasteiger partial charge in [0.25, 0.3) is 0 Å². The van der Waals surface area contributed by atoms with Gasteiger partial charge in [-0.1, -0.05) is 30.3 Å². The molecule has 0 aromatic heterocycles. The maximum Gasteiger partial charge on any atom is 0.0178 e. The lowest BCUT2D eigenvalue weighted by molar-refractivity contribution is 0.748. The molecule has 0 saturated heterocycles. The average Bonchev–Trinajstić information content (AvgIpc) is 2.25. The van der Waals surface area contributed by atoms with E-state index >= 15 is 0 Å². The first-order valence-electron chi connectivity index (χ1n) is 5.25. The van der Waals surface area contributed by atoms with Crippen LogP contribution in [-0.4, -0.2) is 0 Å². The minimum Gasteiger partial charge on any atom is -0.326 e. The van der Waals surface area contributed by atoms with Crippen LogP contribution in [0.2, 0.25) is 0 Å². The lowest BCUT2D eigenvalue weighted by Crippen LogP contribution is -1.96. The van der Waals surface area contributed by atoms with Crippen molar-refractivity contribution in [3.05, 3.63) is 48.0 Å². The van der Waals surface area contributed by atoms with Crippen molar-refractivity contribution in [3.8, 4) is 0 Å². The van der Waals surface area contributed by atoms with Crippen LogP contribution in [0.4, 0.5) is 0 Å². The van der Waals surface area contributed by atoms with Crippen LogP contribution in [0.1, 0.15) is 30.4 Å². The maximum absolute atomic E-state index is 5.53. The quantitative estimate of drug-likeness (QED) is 0.540. The van der Waals surface area contributed by atoms with Gasteiger partial charge in [-0.15, -0.1) is 6.58 Å². The van der Waals surface area contributed by atoms with Crippen LogP contribution in [0.3, 0.4) is 0 Å². The molecule has 1 heteroatoms. The van der Waals surface area contributed by atoms with Gasteiger partial charge in [-0.3, -0.25) is 0 Å². The first-order valence-corrected chi connectivity index (χ1v) is 5.25. The molecule has 1 aromatic rings. The molecule has 0 saturated carbocycles. The van der Waals surface area contributed by atoms with Crippen LogP contribution < -0.4 is 5.73 Å². The molecule has 14 heavy (non-hydrogen) atoms. The molecule has 0 aliphatic heterocycles. The Morgan fingerprint density at radius 3 is 2.29 bits per heavy atom. The standard InChI is InChI=1S/C13H19N/c1-2-3-4-5-6-12-7-9-13(11-14)10-8-12/h2,7-10H,1,3-6,11,14H2. The highest BCUT2D eigenvalue weighted by Crippen LogP contribution is 2.08. The molecule has 0 bridgehead atoms. The van der Waals surface area contributed by atoms with Gasteiger partial charge in [0.2, 0.25) is 0 Å². The first kappa shape index (κ1) is 11.0. The molecule has 0 unspecified atom stereocenters. The van der Waals surface area contributed by atoms with Crippen molar-refractivity contribution in [1.82, 2.24) is 0 Å². The number of hydrogen-bond donors (Lipinski definition) is 1. The minimum atomic E-state index is 0.636. The number of unbranched alkanes of at least 4 members (excludes halogenated alkanes) is 2. The molecule has 0 radical (unpaired) electrons. The molecule has 0 amide bonds. The van der Waals surface area contributed by atoms with Crippen molar-refractivity contribution < 1.29 is 0 Å². The molecular weight excluding hydrogens is 170 g/mol. The molecule has 0 heterocycles. The highest BCUT2D eigenvalue weighted by Gasteiger charge is 1.93. The Morgan fingerprint density at radius 1 is 1.07 bits per heavy atom. The second-order valence-electron chi connectivity index (χ2n) is 3.56. The largest absolute Gasteiger partial charge is 0.326 e. The van der Waals surface area contributed by atoms with Crippen LogP contribution >= 0.6 is 0 Å². The molecule has 0 aliphatic rings. The number of benzene rings is 1. The van der Waals surface area contributed by atoms with Crippen LogP contribution in [0.25, 0.3) is 0 Å². The van der Waals surface area contributed by atoms with E-state index in [4.69, 9.17) is 5.73 Å². The Kier molecular flexibility index (Phi) is 5.02. The Labute approximate surface area is 86.6 Å². The van der Waals surface area contributed by atoms with Gasteiger partial charge >= 0.3 is 0 Å². The summed E-state index contributed by atoms with van der Waals surface area (Å²) < 4.78 is 0. The lowest BCUT2D eigenvalue weighted by atomic mass is 10.1. The summed E-state index contributed by atoms with van der Waals surface area (Å²) in [5.41, 5.74) is 8.15. The van der Waals surface area contributed by atoms with E-state index in [1.165, 1.54) is 30.4 Å². The van der Waals surface area contributed by atoms with E-state index in [-0.39, 0.29) is 0 Å². The van der Waals surface area contributed by atoms with E-state index in [2.05, 4.69) is 30.8 Å². The van der Waals surface area contributed by atoms with E-state index in [0.717, 1.165) is 6.42 Å². The summed E-state index contributed by atoms with van der Waals surface area (Å²) in [4.78, 5) is 0. The SMILES string of the molecule is C=CCCCCc1ccc(CN)cc1. The summed E-state index contributed by atoms with van der Waals surface area (Å²) >= 11 is 0. The van der Waals surface area contributed by atoms with Gasteiger partial charge in [-0.25, -0.2) is 0 Å². The molecule has 0 aliphatic carbocycles. The maximum atomic E-state index is 5.53. The first-order chi connectivity index (χ1) is 6.86. The van der Waals surface area contributed by atoms with Crippen molar-refractivity contribution in [2.45, 2.75) is 32.2 Å². The summed E-state index contributed by atoms with van der Waals surface area (Å²) in [5.74, 6) is 0. The van der Waals surface area contributed by atoms with E-state index in [1.54, 1.807) is 0 Å². The van der Waals surface area contributed by atoms with Crippen molar-refractivity contribution in [1.29, 1.82) is 0 Å². The summed E-state index contributed by atoms with van der Waals surface area (Å²) in [6.45, 7) is 4.35. The topological polar surface area (TPSA) is 26.0 Å². The second-order valence-corrected chi connectivity index (χ2v) is 3.56. The molecule has 76 valence electrons. The van der Waals surface area contributed by atoms with E-state index in [0.29, 0.717) is 6.54 Å². The van der Waals surface area contributed by atoms with Crippen LogP contribution in [0.15, 0.2) is 36.9 Å². The normalized spacial score (nSPS) is 10.1.